The predicted molar refractivity (Wildman–Crippen MR) is 83.4 cm³/mol. The zero-order valence-electron chi connectivity index (χ0n) is 13.2. The number of nitrogens with one attached hydrogen (secondary N) is 1. The summed E-state index contributed by atoms with van der Waals surface area (Å²) in [5.74, 6) is 0.520. The van der Waals surface area contributed by atoms with Crippen molar-refractivity contribution in [2.24, 2.45) is 5.92 Å². The van der Waals surface area contributed by atoms with Crippen LogP contribution in [-0.4, -0.2) is 23.8 Å². The van der Waals surface area contributed by atoms with Gasteiger partial charge in [0.2, 0.25) is 0 Å². The number of hydrogen-bond donors (Lipinski definition) is 2. The van der Waals surface area contributed by atoms with Crippen LogP contribution in [0.5, 0.6) is 0 Å². The van der Waals surface area contributed by atoms with Gasteiger partial charge in [-0.15, -0.1) is 0 Å². The normalized spacial score (nSPS) is 22.7. The van der Waals surface area contributed by atoms with E-state index in [1.165, 1.54) is 70.6 Å². The van der Waals surface area contributed by atoms with Crippen molar-refractivity contribution in [2.45, 2.75) is 96.6 Å². The van der Waals surface area contributed by atoms with E-state index in [-0.39, 0.29) is 12.6 Å². The molecule has 1 aliphatic carbocycles. The molecule has 1 unspecified atom stereocenters. The van der Waals surface area contributed by atoms with E-state index in [0.29, 0.717) is 12.0 Å². The molecule has 1 atom stereocenters. The maximum atomic E-state index is 9.47. The van der Waals surface area contributed by atoms with E-state index in [2.05, 4.69) is 19.2 Å². The molecule has 0 bridgehead atoms. The van der Waals surface area contributed by atoms with E-state index < -0.39 is 0 Å². The first-order chi connectivity index (χ1) is 9.24. The second kappa shape index (κ2) is 10.7. The van der Waals surface area contributed by atoms with E-state index in [4.69, 9.17) is 0 Å². The lowest BCUT2D eigenvalue weighted by Crippen LogP contribution is -2.43. The molecule has 0 radical (unpaired) electrons. The summed E-state index contributed by atoms with van der Waals surface area (Å²) in [6, 6.07) is 0.900. The molecule has 0 heterocycles. The Balaban J connectivity index is 2.37. The molecular weight excluding hydrogens is 234 g/mol. The Morgan fingerprint density at radius 1 is 0.842 bits per heavy atom. The maximum absolute atomic E-state index is 9.47. The Morgan fingerprint density at radius 3 is 1.63 bits per heavy atom. The summed E-state index contributed by atoms with van der Waals surface area (Å²) in [6.45, 7) is 4.67. The quantitative estimate of drug-likeness (QED) is 0.799. The monoisotopic (exact) mass is 269 g/mol. The van der Waals surface area contributed by atoms with Crippen molar-refractivity contribution < 1.29 is 5.11 Å². The first-order valence-electron chi connectivity index (χ1n) is 8.61. The lowest BCUT2D eigenvalue weighted by atomic mass is 9.96. The third-order valence-corrected chi connectivity index (χ3v) is 4.56. The van der Waals surface area contributed by atoms with Crippen LogP contribution in [0.2, 0.25) is 0 Å². The molecule has 1 fully saturated rings. The van der Waals surface area contributed by atoms with E-state index in [1.807, 2.05) is 0 Å². The number of aliphatic hydroxyl groups excluding tert-OH is 1. The van der Waals surface area contributed by atoms with Gasteiger partial charge in [0.15, 0.2) is 0 Å². The summed E-state index contributed by atoms with van der Waals surface area (Å²) in [5.41, 5.74) is 0. The summed E-state index contributed by atoms with van der Waals surface area (Å²) >= 11 is 0. The highest BCUT2D eigenvalue weighted by atomic mass is 16.3. The molecule has 19 heavy (non-hydrogen) atoms. The Kier molecular flexibility index (Phi) is 9.54. The van der Waals surface area contributed by atoms with Gasteiger partial charge in [-0.2, -0.15) is 0 Å². The van der Waals surface area contributed by atoms with Crippen molar-refractivity contribution in [1.29, 1.82) is 0 Å². The lowest BCUT2D eigenvalue weighted by Gasteiger charge is -2.27. The van der Waals surface area contributed by atoms with Crippen LogP contribution in [0.4, 0.5) is 0 Å². The molecule has 0 saturated heterocycles. The fraction of sp³-hybridized carbons (Fsp3) is 1.00. The van der Waals surface area contributed by atoms with Gasteiger partial charge in [-0.1, -0.05) is 71.6 Å². The summed E-state index contributed by atoms with van der Waals surface area (Å²) in [5, 5.41) is 13.2. The van der Waals surface area contributed by atoms with Gasteiger partial charge in [0.05, 0.1) is 6.61 Å². The Morgan fingerprint density at radius 2 is 1.26 bits per heavy atom. The van der Waals surface area contributed by atoms with Crippen molar-refractivity contribution in [3.63, 3.8) is 0 Å². The summed E-state index contributed by atoms with van der Waals surface area (Å²) in [6.07, 6.45) is 15.2. The van der Waals surface area contributed by atoms with Gasteiger partial charge < -0.3 is 10.4 Å². The summed E-state index contributed by atoms with van der Waals surface area (Å²) < 4.78 is 0. The first-order valence-corrected chi connectivity index (χ1v) is 8.61. The van der Waals surface area contributed by atoms with Crippen LogP contribution in [0, 0.1) is 5.92 Å². The molecule has 114 valence electrons. The van der Waals surface area contributed by atoms with Crippen molar-refractivity contribution in [1.82, 2.24) is 5.32 Å². The molecule has 0 aliphatic heterocycles. The van der Waals surface area contributed by atoms with Crippen molar-refractivity contribution in [3.05, 3.63) is 0 Å². The fourth-order valence-corrected chi connectivity index (χ4v) is 3.09. The molecule has 1 saturated carbocycles. The number of aliphatic hydroxyl groups is 1. The molecule has 0 spiro atoms. The van der Waals surface area contributed by atoms with E-state index >= 15 is 0 Å². The van der Waals surface area contributed by atoms with Crippen LogP contribution in [0.15, 0.2) is 0 Å². The number of hydrogen-bond acceptors (Lipinski definition) is 2. The molecule has 0 amide bonds. The van der Waals surface area contributed by atoms with Gasteiger partial charge in [-0.05, 0) is 18.8 Å². The van der Waals surface area contributed by atoms with Crippen LogP contribution in [0.3, 0.4) is 0 Å². The standard InChI is InChI=1S/C17H35NO/c1-15(2)17(14-19)18-16-12-10-8-6-4-3-5-7-9-11-13-16/h15-19H,3-14H2,1-2H3. The zero-order chi connectivity index (χ0) is 13.9. The van der Waals surface area contributed by atoms with Crippen molar-refractivity contribution in [2.75, 3.05) is 6.61 Å². The number of rotatable bonds is 4. The second-order valence-corrected chi connectivity index (χ2v) is 6.66. The molecule has 2 heteroatoms. The molecule has 0 aromatic carbocycles. The minimum atomic E-state index is 0.272. The Bertz CT molecular complexity index is 193. The molecule has 1 aliphatic rings. The predicted octanol–water partition coefficient (Wildman–Crippen LogP) is 4.27. The highest BCUT2D eigenvalue weighted by Crippen LogP contribution is 2.18. The maximum Gasteiger partial charge on any atom is 0.0587 e. The minimum absolute atomic E-state index is 0.272. The van der Waals surface area contributed by atoms with Crippen LogP contribution >= 0.6 is 0 Å². The molecule has 2 N–H and O–H groups in total. The Labute approximate surface area is 120 Å². The molecule has 1 rings (SSSR count). The summed E-state index contributed by atoms with van der Waals surface area (Å²) in [4.78, 5) is 0. The molecule has 0 aromatic rings. The average Bonchev–Trinajstić information content (AvgIpc) is 2.37. The lowest BCUT2D eigenvalue weighted by molar-refractivity contribution is 0.192. The van der Waals surface area contributed by atoms with Crippen LogP contribution in [0.1, 0.15) is 84.5 Å². The van der Waals surface area contributed by atoms with Gasteiger partial charge in [0.1, 0.15) is 0 Å². The minimum Gasteiger partial charge on any atom is -0.395 e. The van der Waals surface area contributed by atoms with Gasteiger partial charge >= 0.3 is 0 Å². The van der Waals surface area contributed by atoms with E-state index in [9.17, 15) is 5.11 Å². The second-order valence-electron chi connectivity index (χ2n) is 6.66. The first kappa shape index (κ1) is 17.0. The Hall–Kier alpha value is -0.0800. The highest BCUT2D eigenvalue weighted by molar-refractivity contribution is 4.76. The van der Waals surface area contributed by atoms with Gasteiger partial charge in [-0.3, -0.25) is 0 Å². The van der Waals surface area contributed by atoms with Gasteiger partial charge in [-0.25, -0.2) is 0 Å². The highest BCUT2D eigenvalue weighted by Gasteiger charge is 2.17. The third kappa shape index (κ3) is 7.94. The van der Waals surface area contributed by atoms with E-state index in [0.717, 1.165) is 0 Å². The topological polar surface area (TPSA) is 32.3 Å². The van der Waals surface area contributed by atoms with Gasteiger partial charge in [0, 0.05) is 12.1 Å². The fourth-order valence-electron chi connectivity index (χ4n) is 3.09. The van der Waals surface area contributed by atoms with Crippen molar-refractivity contribution in [3.8, 4) is 0 Å². The van der Waals surface area contributed by atoms with Crippen LogP contribution < -0.4 is 5.32 Å². The zero-order valence-corrected chi connectivity index (χ0v) is 13.2. The molecule has 0 aromatic heterocycles. The van der Waals surface area contributed by atoms with E-state index in [1.54, 1.807) is 0 Å². The third-order valence-electron chi connectivity index (χ3n) is 4.56. The van der Waals surface area contributed by atoms with Crippen LogP contribution in [0.25, 0.3) is 0 Å². The molecular formula is C17H35NO. The SMILES string of the molecule is CC(C)C(CO)NC1CCCCCCCCCCC1. The van der Waals surface area contributed by atoms with Crippen LogP contribution in [-0.2, 0) is 0 Å². The molecule has 2 nitrogen and oxygen atoms in total. The largest absolute Gasteiger partial charge is 0.395 e. The van der Waals surface area contributed by atoms with Crippen molar-refractivity contribution >= 4 is 0 Å². The summed E-state index contributed by atoms with van der Waals surface area (Å²) in [7, 11) is 0. The smallest absolute Gasteiger partial charge is 0.0587 e. The van der Waals surface area contributed by atoms with Gasteiger partial charge in [0.25, 0.3) is 0 Å². The average molecular weight is 269 g/mol.